The molecule has 3 heterocycles. The van der Waals surface area contributed by atoms with Crippen LogP contribution in [0, 0.1) is 5.92 Å². The average Bonchev–Trinajstić information content (AvgIpc) is 3.36. The van der Waals surface area contributed by atoms with Crippen LogP contribution in [0.2, 0.25) is 4.34 Å². The molecule has 4 rings (SSSR count). The van der Waals surface area contributed by atoms with Crippen molar-refractivity contribution < 1.29 is 17.9 Å². The lowest BCUT2D eigenvalue weighted by Crippen LogP contribution is -2.42. The van der Waals surface area contributed by atoms with Gasteiger partial charge in [0.05, 0.1) is 27.6 Å². The predicted octanol–water partition coefficient (Wildman–Crippen LogP) is 3.97. The van der Waals surface area contributed by atoms with Crippen LogP contribution in [-0.4, -0.2) is 43.4 Å². The highest BCUT2D eigenvalue weighted by atomic mass is 35.5. The summed E-state index contributed by atoms with van der Waals surface area (Å²) in [5.74, 6) is -0.00876. The summed E-state index contributed by atoms with van der Waals surface area (Å²) in [4.78, 5) is 18.0. The Balaban J connectivity index is 1.62. The lowest BCUT2D eigenvalue weighted by Gasteiger charge is -2.29. The number of halogens is 1. The first-order valence-electron chi connectivity index (χ1n) is 9.85. The number of thiophene rings is 1. The third-order valence-electron chi connectivity index (χ3n) is 5.29. The molecule has 11 heteroatoms. The molecule has 7 nitrogen and oxygen atoms in total. The Morgan fingerprint density at radius 1 is 1.29 bits per heavy atom. The van der Waals surface area contributed by atoms with Crippen LogP contribution in [0.5, 0.6) is 5.75 Å². The van der Waals surface area contributed by atoms with Crippen LogP contribution < -0.4 is 9.54 Å². The van der Waals surface area contributed by atoms with Gasteiger partial charge in [0.25, 0.3) is 15.9 Å². The van der Waals surface area contributed by atoms with Crippen molar-refractivity contribution in [3.05, 3.63) is 39.5 Å². The number of carbonyl (C=O) groups is 1. The molecule has 2 aromatic heterocycles. The summed E-state index contributed by atoms with van der Waals surface area (Å²) in [6, 6.07) is 8.84. The number of carbonyl (C=O) groups excluding carboxylic acids is 1. The highest BCUT2D eigenvalue weighted by Crippen LogP contribution is 2.31. The molecule has 0 spiro atoms. The summed E-state index contributed by atoms with van der Waals surface area (Å²) in [7, 11) is -2.05. The van der Waals surface area contributed by atoms with E-state index in [0.29, 0.717) is 35.1 Å². The maximum Gasteiger partial charge on any atom is 0.252 e. The van der Waals surface area contributed by atoms with Gasteiger partial charge >= 0.3 is 0 Å². The fraction of sp³-hybridized carbons (Fsp3) is 0.400. The zero-order valence-electron chi connectivity index (χ0n) is 17.1. The number of amides is 1. The van der Waals surface area contributed by atoms with Crippen LogP contribution in [-0.2, 0) is 21.4 Å². The molecule has 166 valence electrons. The number of thiazole rings is 1. The number of sulfonamides is 1. The van der Waals surface area contributed by atoms with Gasteiger partial charge in [0.15, 0.2) is 4.80 Å². The van der Waals surface area contributed by atoms with E-state index in [2.05, 4.69) is 4.99 Å². The highest BCUT2D eigenvalue weighted by Gasteiger charge is 2.34. The molecule has 1 unspecified atom stereocenters. The number of aromatic nitrogens is 1. The number of hydrogen-bond donors (Lipinski definition) is 0. The van der Waals surface area contributed by atoms with E-state index in [0.717, 1.165) is 27.3 Å². The molecule has 0 aliphatic carbocycles. The molecule has 1 fully saturated rings. The average molecular weight is 500 g/mol. The van der Waals surface area contributed by atoms with Crippen molar-refractivity contribution in [2.45, 2.75) is 30.5 Å². The van der Waals surface area contributed by atoms with Crippen LogP contribution in [0.15, 0.2) is 39.5 Å². The summed E-state index contributed by atoms with van der Waals surface area (Å²) in [5.41, 5.74) is 0.988. The van der Waals surface area contributed by atoms with Gasteiger partial charge in [-0.15, -0.1) is 11.3 Å². The van der Waals surface area contributed by atoms with Crippen LogP contribution >= 0.6 is 34.3 Å². The summed E-state index contributed by atoms with van der Waals surface area (Å²) >= 11 is 8.37. The largest absolute Gasteiger partial charge is 0.497 e. The van der Waals surface area contributed by atoms with Gasteiger partial charge < -0.3 is 9.30 Å². The first-order valence-corrected chi connectivity index (χ1v) is 13.3. The summed E-state index contributed by atoms with van der Waals surface area (Å²) in [5, 5.41) is 0. The lowest BCUT2D eigenvalue weighted by atomic mass is 9.99. The Morgan fingerprint density at radius 2 is 2.10 bits per heavy atom. The minimum absolute atomic E-state index is 0.130. The van der Waals surface area contributed by atoms with E-state index in [9.17, 15) is 13.2 Å². The van der Waals surface area contributed by atoms with Crippen LogP contribution in [0.1, 0.15) is 19.8 Å². The van der Waals surface area contributed by atoms with Gasteiger partial charge in [-0.1, -0.05) is 22.9 Å². The van der Waals surface area contributed by atoms with Crippen molar-refractivity contribution in [3.63, 3.8) is 0 Å². The van der Waals surface area contributed by atoms with Crippen molar-refractivity contribution in [2.24, 2.45) is 10.9 Å². The standard InChI is InChI=1S/C20H22ClN3O4S3/c1-3-24-15-7-6-14(28-2)11-16(15)29-20(24)22-19(25)13-5-4-10-23(12-13)31(26,27)18-9-8-17(21)30-18/h6-9,11,13H,3-5,10,12H2,1-2H3. The molecule has 0 radical (unpaired) electrons. The summed E-state index contributed by atoms with van der Waals surface area (Å²) in [6.45, 7) is 3.19. The molecule has 31 heavy (non-hydrogen) atoms. The van der Waals surface area contributed by atoms with Gasteiger partial charge in [0.1, 0.15) is 9.96 Å². The Kier molecular flexibility index (Phi) is 6.55. The SMILES string of the molecule is CCn1c(=NC(=O)C2CCCN(S(=O)(=O)c3ccc(Cl)s3)C2)sc2cc(OC)ccc21. The van der Waals surface area contributed by atoms with Crippen LogP contribution in [0.3, 0.4) is 0 Å². The van der Waals surface area contributed by atoms with Gasteiger partial charge in [-0.2, -0.15) is 9.30 Å². The third-order valence-corrected chi connectivity index (χ3v) is 9.89. The van der Waals surface area contributed by atoms with Crippen LogP contribution in [0.4, 0.5) is 0 Å². The second-order valence-corrected chi connectivity index (χ2v) is 12.1. The maximum atomic E-state index is 13.0. The van der Waals surface area contributed by atoms with E-state index in [4.69, 9.17) is 16.3 Å². The minimum atomic E-state index is -3.66. The number of hydrogen-bond acceptors (Lipinski definition) is 6. The monoisotopic (exact) mass is 499 g/mol. The number of nitrogens with zero attached hydrogens (tertiary/aromatic N) is 3. The van der Waals surface area contributed by atoms with Crippen molar-refractivity contribution in [3.8, 4) is 5.75 Å². The number of piperidine rings is 1. The second-order valence-electron chi connectivity index (χ2n) is 7.17. The zero-order valence-corrected chi connectivity index (χ0v) is 20.3. The number of aryl methyl sites for hydroxylation is 1. The summed E-state index contributed by atoms with van der Waals surface area (Å²) < 4.78 is 36.1. The van der Waals surface area contributed by atoms with Gasteiger partial charge in [0, 0.05) is 19.6 Å². The van der Waals surface area contributed by atoms with Crippen molar-refractivity contribution in [1.82, 2.24) is 8.87 Å². The van der Waals surface area contributed by atoms with Crippen LogP contribution in [0.25, 0.3) is 10.2 Å². The molecule has 1 saturated heterocycles. The topological polar surface area (TPSA) is 81.0 Å². The Hall–Kier alpha value is -1.72. The molecule has 1 amide bonds. The van der Waals surface area contributed by atoms with E-state index < -0.39 is 15.9 Å². The number of benzene rings is 1. The third kappa shape index (κ3) is 4.45. The Labute approximate surface area is 193 Å². The van der Waals surface area contributed by atoms with E-state index in [1.165, 1.54) is 21.7 Å². The Bertz CT molecular complexity index is 1290. The number of methoxy groups -OCH3 is 1. The fourth-order valence-corrected chi connectivity index (χ4v) is 7.97. The molecule has 0 bridgehead atoms. The molecule has 1 aliphatic rings. The Morgan fingerprint density at radius 3 is 2.77 bits per heavy atom. The zero-order chi connectivity index (χ0) is 22.2. The number of ether oxygens (including phenoxy) is 1. The smallest absolute Gasteiger partial charge is 0.252 e. The van der Waals surface area contributed by atoms with Crippen molar-refractivity contribution in [2.75, 3.05) is 20.2 Å². The maximum absolute atomic E-state index is 13.0. The highest BCUT2D eigenvalue weighted by molar-refractivity contribution is 7.91. The predicted molar refractivity (Wildman–Crippen MR) is 123 cm³/mol. The number of rotatable bonds is 5. The molecule has 1 atom stereocenters. The quantitative estimate of drug-likeness (QED) is 0.532. The second kappa shape index (κ2) is 9.03. The molecular formula is C20H22ClN3O4S3. The van der Waals surface area contributed by atoms with Gasteiger partial charge in [0.2, 0.25) is 0 Å². The summed E-state index contributed by atoms with van der Waals surface area (Å²) in [6.07, 6.45) is 1.23. The first-order chi connectivity index (χ1) is 14.8. The van der Waals surface area contributed by atoms with Gasteiger partial charge in [-0.25, -0.2) is 8.42 Å². The number of fused-ring (bicyclic) bond motifs is 1. The van der Waals surface area contributed by atoms with E-state index in [1.807, 2.05) is 29.7 Å². The normalized spacial score (nSPS) is 18.5. The van der Waals surface area contributed by atoms with Gasteiger partial charge in [-0.05, 0) is 50.1 Å². The molecular weight excluding hydrogens is 478 g/mol. The minimum Gasteiger partial charge on any atom is -0.497 e. The molecule has 0 N–H and O–H groups in total. The fourth-order valence-electron chi connectivity index (χ4n) is 3.68. The van der Waals surface area contributed by atoms with Crippen molar-refractivity contribution in [1.29, 1.82) is 0 Å². The molecule has 1 aromatic carbocycles. The lowest BCUT2D eigenvalue weighted by molar-refractivity contribution is -0.122. The van der Waals surface area contributed by atoms with Crippen molar-refractivity contribution >= 4 is 60.4 Å². The molecule has 3 aromatic rings. The van der Waals surface area contributed by atoms with E-state index in [1.54, 1.807) is 13.2 Å². The first kappa shape index (κ1) is 22.5. The molecule has 0 saturated carbocycles. The van der Waals surface area contributed by atoms with Gasteiger partial charge in [-0.3, -0.25) is 4.79 Å². The molecule has 1 aliphatic heterocycles. The van der Waals surface area contributed by atoms with E-state index in [-0.39, 0.29) is 16.7 Å². The van der Waals surface area contributed by atoms with E-state index >= 15 is 0 Å².